The molecule has 1 N–H and O–H groups in total. The first kappa shape index (κ1) is 47.4. The summed E-state index contributed by atoms with van der Waals surface area (Å²) in [7, 11) is -7.28. The van der Waals surface area contributed by atoms with E-state index in [0.717, 1.165) is 12.1 Å². The minimum atomic E-state index is -3.88. The van der Waals surface area contributed by atoms with Crippen LogP contribution in [0.15, 0.2) is 158 Å². The van der Waals surface area contributed by atoms with E-state index < -0.39 is 49.4 Å². The van der Waals surface area contributed by atoms with Gasteiger partial charge in [-0.1, -0.05) is 60.7 Å². The van der Waals surface area contributed by atoms with Crippen molar-refractivity contribution in [1.29, 1.82) is 0 Å². The highest BCUT2D eigenvalue weighted by Gasteiger charge is 2.34. The van der Waals surface area contributed by atoms with Crippen LogP contribution >= 0.6 is 14.7 Å². The van der Waals surface area contributed by atoms with Gasteiger partial charge in [0.15, 0.2) is 0 Å². The van der Waals surface area contributed by atoms with E-state index >= 15 is 0 Å². The van der Waals surface area contributed by atoms with Crippen molar-refractivity contribution in [3.8, 4) is 22.5 Å². The van der Waals surface area contributed by atoms with Gasteiger partial charge in [-0.15, -0.1) is 0 Å². The predicted octanol–water partition coefficient (Wildman–Crippen LogP) is 9.77. The maximum absolute atomic E-state index is 14.3. The smallest absolute Gasteiger partial charge is 0.279 e. The van der Waals surface area contributed by atoms with Gasteiger partial charge in [-0.2, -0.15) is 27.5 Å². The van der Waals surface area contributed by atoms with Gasteiger partial charge in [-0.05, 0) is 132 Å². The number of pyridine rings is 6. The van der Waals surface area contributed by atoms with E-state index in [9.17, 15) is 31.6 Å². The molecule has 0 aliphatic rings. The summed E-state index contributed by atoms with van der Waals surface area (Å²) in [5, 5.41) is 0.862. The first-order chi connectivity index (χ1) is 31.4. The highest BCUT2D eigenvalue weighted by molar-refractivity contribution is 7.74. The molecule has 0 saturated heterocycles. The molecule has 2 unspecified atom stereocenters. The Hall–Kier alpha value is -6.56. The molecule has 0 saturated carbocycles. The number of rotatable bonds is 12. The Labute approximate surface area is 379 Å². The lowest BCUT2D eigenvalue weighted by Gasteiger charge is -2.26. The Kier molecular flexibility index (Phi) is 14.0. The third-order valence-corrected chi connectivity index (χ3v) is 15.2. The summed E-state index contributed by atoms with van der Waals surface area (Å²) in [6.45, 7) is 9.66. The van der Waals surface area contributed by atoms with Gasteiger partial charge in [-0.25, -0.2) is 9.97 Å². The highest BCUT2D eigenvalue weighted by Crippen LogP contribution is 2.44. The lowest BCUT2D eigenvalue weighted by Crippen LogP contribution is -2.28. The number of halogens is 4. The summed E-state index contributed by atoms with van der Waals surface area (Å²) in [6.07, 6.45) is 0. The normalized spacial score (nSPS) is 13.5. The standard InChI is InChI=1S/C26H24F2N3O2P.C24H20F2N3O2P/c1-4-33-34(32,18-10-6-5-7-11-18)24-15-9-14-22(30-24)26(2,3)21-13-8-12-20(29-21)19-16-17-23(27)31-25(19)28;1-24(2,19-11-6-10-18(27-19)17-14-15-21(25)29-23(17)26)20-12-7-13-22(28-20)32(30,31)16-8-4-3-5-9-16/h5-17H,4H2,1-3H3;3-15H,1-2H3,(H,30,31). The zero-order chi connectivity index (χ0) is 47.3. The molecule has 10 nitrogen and oxygen atoms in total. The third kappa shape index (κ3) is 9.97. The summed E-state index contributed by atoms with van der Waals surface area (Å²) >= 11 is 0. The first-order valence-corrected chi connectivity index (χ1v) is 24.0. The molecule has 2 aromatic carbocycles. The van der Waals surface area contributed by atoms with Crippen molar-refractivity contribution in [3.63, 3.8) is 0 Å². The quantitative estimate of drug-likeness (QED) is 0.0715. The van der Waals surface area contributed by atoms with E-state index in [0.29, 0.717) is 50.2 Å². The topological polar surface area (TPSA) is 141 Å². The number of benzene rings is 2. The first-order valence-electron chi connectivity index (χ1n) is 20.7. The molecule has 336 valence electrons. The van der Waals surface area contributed by atoms with Crippen LogP contribution in [0, 0.1) is 23.8 Å². The maximum atomic E-state index is 14.3. The second-order valence-electron chi connectivity index (χ2n) is 16.0. The van der Waals surface area contributed by atoms with Crippen molar-refractivity contribution in [2.45, 2.75) is 45.4 Å². The van der Waals surface area contributed by atoms with Crippen LogP contribution in [0.25, 0.3) is 22.5 Å². The lowest BCUT2D eigenvalue weighted by molar-refractivity contribution is 0.347. The molecule has 0 spiro atoms. The van der Waals surface area contributed by atoms with Crippen LogP contribution in [0.2, 0.25) is 0 Å². The molecule has 66 heavy (non-hydrogen) atoms. The molecule has 0 bridgehead atoms. The van der Waals surface area contributed by atoms with E-state index in [2.05, 4.69) is 24.9 Å². The zero-order valence-electron chi connectivity index (χ0n) is 36.5. The van der Waals surface area contributed by atoms with Gasteiger partial charge in [0, 0.05) is 21.4 Å². The molecule has 0 radical (unpaired) electrons. The van der Waals surface area contributed by atoms with Crippen molar-refractivity contribution in [1.82, 2.24) is 29.9 Å². The van der Waals surface area contributed by atoms with Crippen molar-refractivity contribution >= 4 is 36.2 Å². The molecule has 2 atom stereocenters. The van der Waals surface area contributed by atoms with Crippen LogP contribution in [-0.4, -0.2) is 41.4 Å². The Balaban J connectivity index is 0.000000197. The fourth-order valence-electron chi connectivity index (χ4n) is 7.05. The van der Waals surface area contributed by atoms with E-state index in [4.69, 9.17) is 9.51 Å². The molecule has 6 aromatic heterocycles. The monoisotopic (exact) mass is 930 g/mol. The highest BCUT2D eigenvalue weighted by atomic mass is 31.2. The largest absolute Gasteiger partial charge is 0.337 e. The second-order valence-corrected chi connectivity index (χ2v) is 20.5. The molecule has 6 heterocycles. The van der Waals surface area contributed by atoms with E-state index in [1.165, 1.54) is 18.2 Å². The maximum Gasteiger partial charge on any atom is 0.279 e. The molecular formula is C50H44F4N6O4P2. The molecular weight excluding hydrogens is 887 g/mol. The van der Waals surface area contributed by atoms with E-state index in [-0.39, 0.29) is 23.2 Å². The van der Waals surface area contributed by atoms with Gasteiger partial charge in [-0.3, -0.25) is 19.1 Å². The van der Waals surface area contributed by atoms with Crippen molar-refractivity contribution in [2.24, 2.45) is 0 Å². The van der Waals surface area contributed by atoms with Gasteiger partial charge < -0.3 is 9.42 Å². The molecule has 8 aromatic rings. The van der Waals surface area contributed by atoms with Crippen LogP contribution in [-0.2, 0) is 24.5 Å². The molecule has 0 fully saturated rings. The Morgan fingerprint density at radius 1 is 0.470 bits per heavy atom. The predicted molar refractivity (Wildman–Crippen MR) is 248 cm³/mol. The van der Waals surface area contributed by atoms with Gasteiger partial charge in [0.25, 0.3) is 14.7 Å². The summed E-state index contributed by atoms with van der Waals surface area (Å²) in [5.74, 6) is -3.67. The average Bonchev–Trinajstić information content (AvgIpc) is 3.32. The average molecular weight is 931 g/mol. The van der Waals surface area contributed by atoms with Crippen LogP contribution in [0.5, 0.6) is 0 Å². The van der Waals surface area contributed by atoms with Gasteiger partial charge in [0.05, 0.1) is 51.9 Å². The van der Waals surface area contributed by atoms with Gasteiger partial charge >= 0.3 is 0 Å². The fourth-order valence-corrected chi connectivity index (χ4v) is 10.4. The van der Waals surface area contributed by atoms with Crippen LogP contribution in [0.1, 0.15) is 57.4 Å². The number of nitrogens with zero attached hydrogens (tertiary/aromatic N) is 6. The summed E-state index contributed by atoms with van der Waals surface area (Å²) in [4.78, 5) is 35.7. The van der Waals surface area contributed by atoms with Crippen molar-refractivity contribution in [2.75, 3.05) is 6.61 Å². The van der Waals surface area contributed by atoms with Crippen molar-refractivity contribution in [3.05, 3.63) is 204 Å². The molecule has 0 aliphatic heterocycles. The number of hydrogen-bond donors (Lipinski definition) is 1. The van der Waals surface area contributed by atoms with Crippen LogP contribution in [0.3, 0.4) is 0 Å². The van der Waals surface area contributed by atoms with Gasteiger partial charge in [0.1, 0.15) is 10.9 Å². The summed E-state index contributed by atoms with van der Waals surface area (Å²) in [5.41, 5.74) is 2.07. The number of aromatic nitrogens is 6. The van der Waals surface area contributed by atoms with Crippen LogP contribution < -0.4 is 21.5 Å². The summed E-state index contributed by atoms with van der Waals surface area (Å²) in [6, 6.07) is 42.7. The Bertz CT molecular complexity index is 3110. The lowest BCUT2D eigenvalue weighted by atomic mass is 9.84. The Morgan fingerprint density at radius 2 is 0.864 bits per heavy atom. The number of hydrogen-bond acceptors (Lipinski definition) is 9. The Morgan fingerprint density at radius 3 is 1.30 bits per heavy atom. The van der Waals surface area contributed by atoms with Crippen molar-refractivity contribution < 1.29 is 36.1 Å². The molecule has 16 heteroatoms. The van der Waals surface area contributed by atoms with Crippen LogP contribution in [0.4, 0.5) is 17.6 Å². The van der Waals surface area contributed by atoms with Gasteiger partial charge in [0.2, 0.25) is 23.8 Å². The molecule has 0 aliphatic carbocycles. The SMILES string of the molecule is CC(C)(c1cccc(-c2ccc(F)nc2F)n1)c1cccc(P(=O)(O)c2ccccc2)n1.CCOP(=O)(c1ccccc1)c1cccc(C(C)(C)c2cccc(-c3ccc(F)nc3F)n2)n1. The molecule has 0 amide bonds. The van der Waals surface area contributed by atoms with E-state index in [1.54, 1.807) is 104 Å². The van der Waals surface area contributed by atoms with E-state index in [1.807, 2.05) is 58.0 Å². The zero-order valence-corrected chi connectivity index (χ0v) is 38.3. The summed E-state index contributed by atoms with van der Waals surface area (Å²) < 4.78 is 87.7. The molecule has 8 rings (SSSR count). The second kappa shape index (κ2) is 19.5. The minimum Gasteiger partial charge on any atom is -0.337 e. The fraction of sp³-hybridized carbons (Fsp3) is 0.160. The third-order valence-electron chi connectivity index (χ3n) is 10.8. The minimum absolute atomic E-state index is 0.0687.